The number of hydrogen-bond acceptors (Lipinski definition) is 4. The Morgan fingerprint density at radius 2 is 2.21 bits per heavy atom. The average molecular weight is 264 g/mol. The van der Waals surface area contributed by atoms with E-state index >= 15 is 0 Å². The molecule has 1 aromatic heterocycles. The van der Waals surface area contributed by atoms with Crippen LogP contribution in [-0.2, 0) is 0 Å². The Kier molecular flexibility index (Phi) is 4.37. The van der Waals surface area contributed by atoms with Crippen LogP contribution in [0.1, 0.15) is 35.3 Å². The lowest BCUT2D eigenvalue weighted by molar-refractivity contribution is 0.0697. The van der Waals surface area contributed by atoms with Gasteiger partial charge < -0.3 is 15.5 Å². The number of aliphatic hydroxyl groups is 1. The number of aliphatic hydroxyl groups excluding tert-OH is 1. The van der Waals surface area contributed by atoms with E-state index in [-0.39, 0.29) is 12.2 Å². The lowest BCUT2D eigenvalue weighted by Crippen LogP contribution is -2.21. The maximum Gasteiger partial charge on any atom is 0.339 e. The number of hydrogen-bond donors (Lipinski definition) is 3. The molecule has 104 valence electrons. The van der Waals surface area contributed by atoms with Crippen LogP contribution in [0.5, 0.6) is 0 Å². The Labute approximate surface area is 112 Å². The minimum Gasteiger partial charge on any atom is -0.478 e. The van der Waals surface area contributed by atoms with Crippen LogP contribution in [0.15, 0.2) is 12.3 Å². The molecule has 1 heterocycles. The molecule has 0 aliphatic heterocycles. The molecule has 2 unspecified atom stereocenters. The fourth-order valence-corrected chi connectivity index (χ4v) is 2.74. The molecule has 0 aromatic carbocycles. The number of nitrogens with zero attached hydrogens (tertiary/aromatic N) is 1. The number of aromatic nitrogens is 1. The Hall–Kier alpha value is -1.62. The van der Waals surface area contributed by atoms with Crippen LogP contribution in [-0.4, -0.2) is 34.3 Å². The zero-order valence-electron chi connectivity index (χ0n) is 11.1. The lowest BCUT2D eigenvalue weighted by Gasteiger charge is -2.19. The fourth-order valence-electron chi connectivity index (χ4n) is 2.74. The minimum atomic E-state index is -0.972. The molecule has 2 atom stereocenters. The molecule has 1 saturated carbocycles. The molecule has 5 nitrogen and oxygen atoms in total. The summed E-state index contributed by atoms with van der Waals surface area (Å²) in [6.07, 6.45) is 4.67. The third-order valence-electron chi connectivity index (χ3n) is 3.88. The summed E-state index contributed by atoms with van der Waals surface area (Å²) >= 11 is 0. The summed E-state index contributed by atoms with van der Waals surface area (Å²) in [6, 6.07) is 1.76. The third kappa shape index (κ3) is 3.23. The first kappa shape index (κ1) is 13.8. The number of carboxylic acid groups (broad SMARTS) is 1. The van der Waals surface area contributed by atoms with Crippen molar-refractivity contribution in [2.75, 3.05) is 18.5 Å². The van der Waals surface area contributed by atoms with Gasteiger partial charge in [-0.15, -0.1) is 0 Å². The molecule has 0 bridgehead atoms. The van der Waals surface area contributed by atoms with Crippen LogP contribution >= 0.6 is 0 Å². The minimum absolute atomic E-state index is 0.198. The fraction of sp³-hybridized carbons (Fsp3) is 0.571. The SMILES string of the molecule is Cc1cc(NCC2CCCC2CO)c(C(=O)O)cn1. The van der Waals surface area contributed by atoms with Crippen molar-refractivity contribution in [3.8, 4) is 0 Å². The van der Waals surface area contributed by atoms with Gasteiger partial charge in [0.2, 0.25) is 0 Å². The van der Waals surface area contributed by atoms with Gasteiger partial charge in [-0.2, -0.15) is 0 Å². The maximum absolute atomic E-state index is 11.1. The predicted octanol–water partition coefficient (Wildman–Crippen LogP) is 1.91. The van der Waals surface area contributed by atoms with Gasteiger partial charge in [-0.25, -0.2) is 4.79 Å². The third-order valence-corrected chi connectivity index (χ3v) is 3.88. The van der Waals surface area contributed by atoms with Gasteiger partial charge in [0.25, 0.3) is 0 Å². The van der Waals surface area contributed by atoms with Crippen molar-refractivity contribution >= 4 is 11.7 Å². The van der Waals surface area contributed by atoms with Gasteiger partial charge >= 0.3 is 5.97 Å². The second-order valence-electron chi connectivity index (χ2n) is 5.19. The monoisotopic (exact) mass is 264 g/mol. The van der Waals surface area contributed by atoms with E-state index in [0.29, 0.717) is 24.1 Å². The Morgan fingerprint density at radius 1 is 1.47 bits per heavy atom. The van der Waals surface area contributed by atoms with Gasteiger partial charge in [0.05, 0.1) is 5.69 Å². The number of aromatic carboxylic acids is 1. The van der Waals surface area contributed by atoms with Gasteiger partial charge in [-0.05, 0) is 37.7 Å². The van der Waals surface area contributed by atoms with Crippen molar-refractivity contribution in [1.82, 2.24) is 4.98 Å². The Morgan fingerprint density at radius 3 is 2.89 bits per heavy atom. The van der Waals surface area contributed by atoms with E-state index in [1.807, 2.05) is 6.92 Å². The number of aryl methyl sites for hydroxylation is 1. The van der Waals surface area contributed by atoms with E-state index in [1.165, 1.54) is 6.20 Å². The van der Waals surface area contributed by atoms with Crippen LogP contribution in [0, 0.1) is 18.8 Å². The van der Waals surface area contributed by atoms with Crippen LogP contribution in [0.3, 0.4) is 0 Å². The highest BCUT2D eigenvalue weighted by Gasteiger charge is 2.26. The highest BCUT2D eigenvalue weighted by Crippen LogP contribution is 2.31. The summed E-state index contributed by atoms with van der Waals surface area (Å²) in [5.74, 6) is -0.219. The first-order valence-electron chi connectivity index (χ1n) is 6.66. The first-order valence-corrected chi connectivity index (χ1v) is 6.66. The summed E-state index contributed by atoms with van der Waals surface area (Å²) in [5, 5.41) is 21.6. The Bertz CT molecular complexity index is 462. The second kappa shape index (κ2) is 6.02. The summed E-state index contributed by atoms with van der Waals surface area (Å²) in [7, 11) is 0. The number of carbonyl (C=O) groups is 1. The average Bonchev–Trinajstić information content (AvgIpc) is 2.83. The van der Waals surface area contributed by atoms with E-state index in [2.05, 4.69) is 10.3 Å². The number of anilines is 1. The quantitative estimate of drug-likeness (QED) is 0.756. The first-order chi connectivity index (χ1) is 9.11. The molecule has 1 fully saturated rings. The number of carboxylic acids is 1. The molecule has 1 aromatic rings. The molecule has 0 saturated heterocycles. The molecule has 3 N–H and O–H groups in total. The van der Waals surface area contributed by atoms with Crippen molar-refractivity contribution in [3.63, 3.8) is 0 Å². The van der Waals surface area contributed by atoms with Crippen LogP contribution in [0.2, 0.25) is 0 Å². The van der Waals surface area contributed by atoms with E-state index in [4.69, 9.17) is 5.11 Å². The molecule has 0 radical (unpaired) electrons. The maximum atomic E-state index is 11.1. The molecule has 2 rings (SSSR count). The molecule has 0 spiro atoms. The van der Waals surface area contributed by atoms with Crippen LogP contribution < -0.4 is 5.32 Å². The smallest absolute Gasteiger partial charge is 0.339 e. The summed E-state index contributed by atoms with van der Waals surface area (Å²) in [6.45, 7) is 2.76. The number of nitrogens with one attached hydrogen (secondary N) is 1. The van der Waals surface area contributed by atoms with Crippen molar-refractivity contribution < 1.29 is 15.0 Å². The molecular weight excluding hydrogens is 244 g/mol. The normalized spacial score (nSPS) is 22.4. The van der Waals surface area contributed by atoms with Gasteiger partial charge in [0.1, 0.15) is 5.56 Å². The largest absolute Gasteiger partial charge is 0.478 e. The molecule has 0 amide bonds. The van der Waals surface area contributed by atoms with E-state index < -0.39 is 5.97 Å². The molecule has 19 heavy (non-hydrogen) atoms. The molecular formula is C14H20N2O3. The number of pyridine rings is 1. The predicted molar refractivity (Wildman–Crippen MR) is 72.3 cm³/mol. The van der Waals surface area contributed by atoms with Gasteiger partial charge in [0.15, 0.2) is 0 Å². The van der Waals surface area contributed by atoms with Gasteiger partial charge in [-0.3, -0.25) is 4.98 Å². The van der Waals surface area contributed by atoms with Gasteiger partial charge in [0, 0.05) is 25.0 Å². The lowest BCUT2D eigenvalue weighted by atomic mass is 9.97. The molecule has 5 heteroatoms. The van der Waals surface area contributed by atoms with Crippen LogP contribution in [0.25, 0.3) is 0 Å². The highest BCUT2D eigenvalue weighted by atomic mass is 16.4. The molecule has 1 aliphatic carbocycles. The second-order valence-corrected chi connectivity index (χ2v) is 5.19. The molecule has 1 aliphatic rings. The van der Waals surface area contributed by atoms with Crippen molar-refractivity contribution in [2.45, 2.75) is 26.2 Å². The van der Waals surface area contributed by atoms with E-state index in [9.17, 15) is 9.90 Å². The summed E-state index contributed by atoms with van der Waals surface area (Å²) in [5.41, 5.74) is 1.60. The van der Waals surface area contributed by atoms with Gasteiger partial charge in [-0.1, -0.05) is 6.42 Å². The van der Waals surface area contributed by atoms with Crippen LogP contribution in [0.4, 0.5) is 5.69 Å². The van der Waals surface area contributed by atoms with E-state index in [1.54, 1.807) is 6.07 Å². The Balaban J connectivity index is 2.06. The summed E-state index contributed by atoms with van der Waals surface area (Å²) in [4.78, 5) is 15.1. The summed E-state index contributed by atoms with van der Waals surface area (Å²) < 4.78 is 0. The zero-order chi connectivity index (χ0) is 13.8. The number of rotatable bonds is 5. The van der Waals surface area contributed by atoms with E-state index in [0.717, 1.165) is 25.0 Å². The van der Waals surface area contributed by atoms with Crippen molar-refractivity contribution in [3.05, 3.63) is 23.5 Å². The topological polar surface area (TPSA) is 82.5 Å². The van der Waals surface area contributed by atoms with Crippen molar-refractivity contribution in [2.24, 2.45) is 11.8 Å². The highest BCUT2D eigenvalue weighted by molar-refractivity contribution is 5.93. The zero-order valence-corrected chi connectivity index (χ0v) is 11.1. The standard InChI is InChI=1S/C14H20N2O3/c1-9-5-13(12(7-15-9)14(18)19)16-6-10-3-2-4-11(10)8-17/h5,7,10-11,17H,2-4,6,8H2,1H3,(H,15,16)(H,18,19). The van der Waals surface area contributed by atoms with Crippen molar-refractivity contribution in [1.29, 1.82) is 0 Å².